The SMILES string of the molecule is C=C(c1ccc(C)c(C)c1)N(Cc1ccccc1)/C(C)=C\C. The molecule has 0 spiro atoms. The van der Waals surface area contributed by atoms with Gasteiger partial charge in [-0.2, -0.15) is 0 Å². The zero-order chi connectivity index (χ0) is 16.1. The van der Waals surface area contributed by atoms with E-state index in [9.17, 15) is 0 Å². The fourth-order valence-electron chi connectivity index (χ4n) is 2.43. The molecule has 0 radical (unpaired) electrons. The number of benzene rings is 2. The van der Waals surface area contributed by atoms with E-state index in [2.05, 4.69) is 93.8 Å². The first-order valence-corrected chi connectivity index (χ1v) is 7.74. The van der Waals surface area contributed by atoms with Crippen molar-refractivity contribution in [3.8, 4) is 0 Å². The number of rotatable bonds is 5. The maximum absolute atomic E-state index is 4.35. The van der Waals surface area contributed by atoms with Crippen molar-refractivity contribution in [2.75, 3.05) is 0 Å². The van der Waals surface area contributed by atoms with Crippen molar-refractivity contribution in [1.82, 2.24) is 4.90 Å². The van der Waals surface area contributed by atoms with E-state index in [1.807, 2.05) is 0 Å². The Kier molecular flexibility index (Phi) is 5.21. The highest BCUT2D eigenvalue weighted by molar-refractivity contribution is 5.64. The van der Waals surface area contributed by atoms with Gasteiger partial charge in [-0.15, -0.1) is 0 Å². The molecule has 22 heavy (non-hydrogen) atoms. The minimum absolute atomic E-state index is 0.836. The molecule has 0 aliphatic heterocycles. The number of hydrogen-bond acceptors (Lipinski definition) is 1. The molecule has 0 aromatic heterocycles. The number of hydrogen-bond donors (Lipinski definition) is 0. The van der Waals surface area contributed by atoms with Gasteiger partial charge in [0.2, 0.25) is 0 Å². The van der Waals surface area contributed by atoms with Gasteiger partial charge in [0, 0.05) is 17.9 Å². The summed E-state index contributed by atoms with van der Waals surface area (Å²) < 4.78 is 0. The van der Waals surface area contributed by atoms with Crippen LogP contribution in [0.25, 0.3) is 5.70 Å². The lowest BCUT2D eigenvalue weighted by Crippen LogP contribution is -2.19. The van der Waals surface area contributed by atoms with Crippen molar-refractivity contribution in [2.45, 2.75) is 34.2 Å². The third-order valence-corrected chi connectivity index (χ3v) is 4.19. The van der Waals surface area contributed by atoms with Crippen LogP contribution in [0.5, 0.6) is 0 Å². The third kappa shape index (κ3) is 3.67. The van der Waals surface area contributed by atoms with E-state index in [-0.39, 0.29) is 0 Å². The van der Waals surface area contributed by atoms with E-state index < -0.39 is 0 Å². The Balaban J connectivity index is 2.32. The maximum Gasteiger partial charge on any atom is 0.0478 e. The Morgan fingerprint density at radius 1 is 1.05 bits per heavy atom. The van der Waals surface area contributed by atoms with Crippen molar-refractivity contribution in [3.63, 3.8) is 0 Å². The van der Waals surface area contributed by atoms with E-state index >= 15 is 0 Å². The highest BCUT2D eigenvalue weighted by Crippen LogP contribution is 2.25. The smallest absolute Gasteiger partial charge is 0.0478 e. The molecule has 2 rings (SSSR count). The fraction of sp³-hybridized carbons (Fsp3) is 0.238. The molecular formula is C21H25N. The summed E-state index contributed by atoms with van der Waals surface area (Å²) in [5.74, 6) is 0. The molecule has 2 aromatic rings. The Labute approximate surface area is 134 Å². The largest absolute Gasteiger partial charge is 0.341 e. The molecule has 0 unspecified atom stereocenters. The lowest BCUT2D eigenvalue weighted by Gasteiger charge is -2.28. The molecule has 1 nitrogen and oxygen atoms in total. The molecule has 0 atom stereocenters. The average molecular weight is 291 g/mol. The fourth-order valence-corrected chi connectivity index (χ4v) is 2.43. The van der Waals surface area contributed by atoms with Gasteiger partial charge in [-0.3, -0.25) is 0 Å². The van der Waals surface area contributed by atoms with Crippen LogP contribution in [0, 0.1) is 13.8 Å². The molecule has 0 heterocycles. The van der Waals surface area contributed by atoms with E-state index in [0.29, 0.717) is 0 Å². The summed E-state index contributed by atoms with van der Waals surface area (Å²) in [6.45, 7) is 13.7. The van der Waals surface area contributed by atoms with E-state index in [4.69, 9.17) is 0 Å². The molecule has 0 amide bonds. The minimum Gasteiger partial charge on any atom is -0.341 e. The molecular weight excluding hydrogens is 266 g/mol. The van der Waals surface area contributed by atoms with Crippen LogP contribution in [0.4, 0.5) is 0 Å². The van der Waals surface area contributed by atoms with Crippen molar-refractivity contribution in [1.29, 1.82) is 0 Å². The summed E-state index contributed by atoms with van der Waals surface area (Å²) in [6, 6.07) is 17.1. The second kappa shape index (κ2) is 7.13. The van der Waals surface area contributed by atoms with Gasteiger partial charge in [0.1, 0.15) is 0 Å². The first-order valence-electron chi connectivity index (χ1n) is 7.74. The predicted molar refractivity (Wildman–Crippen MR) is 96.4 cm³/mol. The van der Waals surface area contributed by atoms with E-state index in [0.717, 1.165) is 12.2 Å². The summed E-state index contributed by atoms with van der Waals surface area (Å²) in [6.07, 6.45) is 2.13. The zero-order valence-electron chi connectivity index (χ0n) is 14.1. The normalized spacial score (nSPS) is 11.4. The van der Waals surface area contributed by atoms with Crippen LogP contribution in [0.1, 0.15) is 36.1 Å². The minimum atomic E-state index is 0.836. The molecule has 0 aliphatic carbocycles. The van der Waals surface area contributed by atoms with Crippen LogP contribution in [0.2, 0.25) is 0 Å². The van der Waals surface area contributed by atoms with Crippen LogP contribution < -0.4 is 0 Å². The molecule has 0 N–H and O–H groups in total. The van der Waals surface area contributed by atoms with Crippen LogP contribution in [-0.2, 0) is 6.54 Å². The average Bonchev–Trinajstić information content (AvgIpc) is 2.55. The Morgan fingerprint density at radius 3 is 2.32 bits per heavy atom. The summed E-state index contributed by atoms with van der Waals surface area (Å²) >= 11 is 0. The third-order valence-electron chi connectivity index (χ3n) is 4.19. The summed E-state index contributed by atoms with van der Waals surface area (Å²) in [5, 5.41) is 0. The van der Waals surface area contributed by atoms with Gasteiger partial charge in [-0.05, 0) is 56.0 Å². The molecule has 114 valence electrons. The first-order chi connectivity index (χ1) is 10.5. The van der Waals surface area contributed by atoms with Gasteiger partial charge in [0.15, 0.2) is 0 Å². The first kappa shape index (κ1) is 16.1. The number of allylic oxidation sites excluding steroid dienone is 2. The second-order valence-corrected chi connectivity index (χ2v) is 5.75. The standard InChI is InChI=1S/C21H25N/c1-6-18(4)22(15-20-10-8-7-9-11-20)19(5)21-13-12-16(2)17(3)14-21/h6-14H,5,15H2,1-4H3/b18-6-. The van der Waals surface area contributed by atoms with E-state index in [1.165, 1.54) is 28.0 Å². The van der Waals surface area contributed by atoms with Gasteiger partial charge >= 0.3 is 0 Å². The quantitative estimate of drug-likeness (QED) is 0.683. The van der Waals surface area contributed by atoms with Crippen molar-refractivity contribution >= 4 is 5.70 Å². The van der Waals surface area contributed by atoms with Gasteiger partial charge < -0.3 is 4.90 Å². The summed E-state index contributed by atoms with van der Waals surface area (Å²) in [4.78, 5) is 2.28. The van der Waals surface area contributed by atoms with Gasteiger partial charge in [-0.25, -0.2) is 0 Å². The summed E-state index contributed by atoms with van der Waals surface area (Å²) in [7, 11) is 0. The van der Waals surface area contributed by atoms with Crippen LogP contribution >= 0.6 is 0 Å². The molecule has 0 bridgehead atoms. The maximum atomic E-state index is 4.35. The number of nitrogens with zero attached hydrogens (tertiary/aromatic N) is 1. The molecule has 0 saturated carbocycles. The molecule has 2 aromatic carbocycles. The molecule has 0 saturated heterocycles. The highest BCUT2D eigenvalue weighted by atomic mass is 15.1. The van der Waals surface area contributed by atoms with E-state index in [1.54, 1.807) is 0 Å². The Morgan fingerprint density at radius 2 is 1.73 bits per heavy atom. The lowest BCUT2D eigenvalue weighted by atomic mass is 10.0. The Bertz CT molecular complexity index is 680. The van der Waals surface area contributed by atoms with Crippen molar-refractivity contribution in [2.24, 2.45) is 0 Å². The monoisotopic (exact) mass is 291 g/mol. The Hall–Kier alpha value is -2.28. The molecule has 0 aliphatic rings. The second-order valence-electron chi connectivity index (χ2n) is 5.75. The van der Waals surface area contributed by atoms with Crippen LogP contribution in [-0.4, -0.2) is 4.90 Å². The summed E-state index contributed by atoms with van der Waals surface area (Å²) in [5.41, 5.74) is 7.34. The van der Waals surface area contributed by atoms with Crippen molar-refractivity contribution in [3.05, 3.63) is 89.1 Å². The predicted octanol–water partition coefficient (Wildman–Crippen LogP) is 5.70. The molecule has 1 heteroatoms. The topological polar surface area (TPSA) is 3.24 Å². The number of aryl methyl sites for hydroxylation is 2. The highest BCUT2D eigenvalue weighted by Gasteiger charge is 2.12. The van der Waals surface area contributed by atoms with Crippen molar-refractivity contribution < 1.29 is 0 Å². The zero-order valence-corrected chi connectivity index (χ0v) is 14.1. The van der Waals surface area contributed by atoms with Crippen LogP contribution in [0.3, 0.4) is 0 Å². The lowest BCUT2D eigenvalue weighted by molar-refractivity contribution is 0.483. The van der Waals surface area contributed by atoms with Gasteiger partial charge in [0.25, 0.3) is 0 Å². The van der Waals surface area contributed by atoms with Gasteiger partial charge in [0.05, 0.1) is 0 Å². The van der Waals surface area contributed by atoms with Gasteiger partial charge in [-0.1, -0.05) is 55.1 Å². The van der Waals surface area contributed by atoms with Crippen LogP contribution in [0.15, 0.2) is 66.9 Å². The molecule has 0 fully saturated rings.